The van der Waals surface area contributed by atoms with Gasteiger partial charge in [0.25, 0.3) is 0 Å². The van der Waals surface area contributed by atoms with Crippen LogP contribution in [0, 0.1) is 0 Å². The Labute approximate surface area is 119 Å². The number of nitrogen functional groups attached to an aromatic ring is 1. The van der Waals surface area contributed by atoms with Crippen molar-refractivity contribution in [1.82, 2.24) is 14.7 Å². The molecule has 2 N–H and O–H groups in total. The highest BCUT2D eigenvalue weighted by molar-refractivity contribution is 5.68. The van der Waals surface area contributed by atoms with Crippen molar-refractivity contribution in [3.63, 3.8) is 0 Å². The molecule has 6 heteroatoms. The van der Waals surface area contributed by atoms with Gasteiger partial charge >= 0.3 is 6.09 Å². The number of likely N-dealkylation sites (tertiary alicyclic amines) is 1. The molecule has 1 aromatic heterocycles. The second kappa shape index (κ2) is 5.34. The monoisotopic (exact) mass is 280 g/mol. The van der Waals surface area contributed by atoms with Crippen molar-refractivity contribution in [3.05, 3.63) is 12.4 Å². The molecule has 2 rings (SSSR count). The minimum atomic E-state index is -0.454. The first-order chi connectivity index (χ1) is 9.26. The van der Waals surface area contributed by atoms with Gasteiger partial charge in [-0.25, -0.2) is 4.79 Å². The van der Waals surface area contributed by atoms with Gasteiger partial charge in [0, 0.05) is 18.8 Å². The molecule has 1 amide bonds. The molecular weight excluding hydrogens is 256 g/mol. The standard InChI is InChI=1S/C14H24N4O2/c1-10-7-12(18-9-11(15)8-16-18)5-6-17(10)13(19)20-14(2,3)4/h8-10,12H,5-7,15H2,1-4H3/t10-,12-/m0/s1. The first kappa shape index (κ1) is 14.7. The molecule has 112 valence electrons. The van der Waals surface area contributed by atoms with Crippen LogP contribution in [0.25, 0.3) is 0 Å². The maximum Gasteiger partial charge on any atom is 0.410 e. The number of nitrogens with zero attached hydrogens (tertiary/aromatic N) is 3. The number of carbonyl (C=O) groups is 1. The van der Waals surface area contributed by atoms with E-state index >= 15 is 0 Å². The van der Waals surface area contributed by atoms with E-state index in [1.54, 1.807) is 11.1 Å². The van der Waals surface area contributed by atoms with Gasteiger partial charge in [-0.2, -0.15) is 5.10 Å². The molecule has 1 fully saturated rings. The number of hydrogen-bond donors (Lipinski definition) is 1. The molecule has 0 aromatic carbocycles. The maximum absolute atomic E-state index is 12.1. The van der Waals surface area contributed by atoms with Gasteiger partial charge in [0.1, 0.15) is 5.60 Å². The van der Waals surface area contributed by atoms with Crippen molar-refractivity contribution in [1.29, 1.82) is 0 Å². The van der Waals surface area contributed by atoms with Crippen LogP contribution in [0.3, 0.4) is 0 Å². The summed E-state index contributed by atoms with van der Waals surface area (Å²) in [5.74, 6) is 0. The van der Waals surface area contributed by atoms with E-state index in [1.807, 2.05) is 38.6 Å². The van der Waals surface area contributed by atoms with E-state index in [1.165, 1.54) is 0 Å². The van der Waals surface area contributed by atoms with E-state index in [4.69, 9.17) is 10.5 Å². The Morgan fingerprint density at radius 3 is 2.70 bits per heavy atom. The van der Waals surface area contributed by atoms with Crippen LogP contribution in [0.4, 0.5) is 10.5 Å². The number of amides is 1. The number of nitrogens with two attached hydrogens (primary N) is 1. The number of anilines is 1. The van der Waals surface area contributed by atoms with Crippen LogP contribution >= 0.6 is 0 Å². The van der Waals surface area contributed by atoms with Crippen LogP contribution in [0.1, 0.15) is 46.6 Å². The Bertz CT molecular complexity index is 478. The van der Waals surface area contributed by atoms with Gasteiger partial charge in [0.15, 0.2) is 0 Å². The number of rotatable bonds is 1. The molecule has 2 heterocycles. The number of aromatic nitrogens is 2. The van der Waals surface area contributed by atoms with Gasteiger partial charge in [-0.3, -0.25) is 4.68 Å². The SMILES string of the molecule is C[C@H]1C[C@@H](n2cc(N)cn2)CCN1C(=O)OC(C)(C)C. The minimum absolute atomic E-state index is 0.133. The van der Waals surface area contributed by atoms with Crippen LogP contribution in [-0.4, -0.2) is 39.0 Å². The smallest absolute Gasteiger partial charge is 0.410 e. The minimum Gasteiger partial charge on any atom is -0.444 e. The average Bonchev–Trinajstić information content (AvgIpc) is 2.73. The summed E-state index contributed by atoms with van der Waals surface area (Å²) in [4.78, 5) is 13.9. The predicted octanol–water partition coefficient (Wildman–Crippen LogP) is 2.43. The number of ether oxygens (including phenoxy) is 1. The number of hydrogen-bond acceptors (Lipinski definition) is 4. The molecule has 0 radical (unpaired) electrons. The van der Waals surface area contributed by atoms with Crippen LogP contribution in [0.15, 0.2) is 12.4 Å². The third-order valence-electron chi connectivity index (χ3n) is 3.47. The second-order valence-electron chi connectivity index (χ2n) is 6.45. The summed E-state index contributed by atoms with van der Waals surface area (Å²) in [6.07, 6.45) is 5.00. The highest BCUT2D eigenvalue weighted by Crippen LogP contribution is 2.28. The highest BCUT2D eigenvalue weighted by atomic mass is 16.6. The topological polar surface area (TPSA) is 73.4 Å². The number of carbonyl (C=O) groups excluding carboxylic acids is 1. The van der Waals surface area contributed by atoms with Gasteiger partial charge in [-0.05, 0) is 40.5 Å². The quantitative estimate of drug-likeness (QED) is 0.857. The Morgan fingerprint density at radius 2 is 2.20 bits per heavy atom. The van der Waals surface area contributed by atoms with Crippen molar-refractivity contribution in [2.24, 2.45) is 0 Å². The highest BCUT2D eigenvalue weighted by Gasteiger charge is 2.32. The molecule has 1 aliphatic rings. The van der Waals surface area contributed by atoms with Gasteiger partial charge < -0.3 is 15.4 Å². The molecule has 0 bridgehead atoms. The summed E-state index contributed by atoms with van der Waals surface area (Å²) in [7, 11) is 0. The van der Waals surface area contributed by atoms with Gasteiger partial charge in [0.2, 0.25) is 0 Å². The fraction of sp³-hybridized carbons (Fsp3) is 0.714. The molecule has 2 atom stereocenters. The summed E-state index contributed by atoms with van der Waals surface area (Å²) in [5, 5.41) is 4.26. The normalized spacial score (nSPS) is 23.7. The zero-order valence-electron chi connectivity index (χ0n) is 12.7. The summed E-state index contributed by atoms with van der Waals surface area (Å²) < 4.78 is 7.34. The van der Waals surface area contributed by atoms with Crippen LogP contribution in [0.5, 0.6) is 0 Å². The van der Waals surface area contributed by atoms with Crippen molar-refractivity contribution in [3.8, 4) is 0 Å². The number of piperidine rings is 1. The molecule has 1 aliphatic heterocycles. The lowest BCUT2D eigenvalue weighted by molar-refractivity contribution is 0.00731. The van der Waals surface area contributed by atoms with Crippen LogP contribution in [-0.2, 0) is 4.74 Å². The first-order valence-electron chi connectivity index (χ1n) is 7.05. The van der Waals surface area contributed by atoms with Gasteiger partial charge in [0.05, 0.1) is 17.9 Å². The van der Waals surface area contributed by atoms with E-state index < -0.39 is 5.60 Å². The molecule has 0 unspecified atom stereocenters. The summed E-state index contributed by atoms with van der Waals surface area (Å²) >= 11 is 0. The summed E-state index contributed by atoms with van der Waals surface area (Å²) in [5.41, 5.74) is 5.92. The Hall–Kier alpha value is -1.72. The Balaban J connectivity index is 1.97. The zero-order chi connectivity index (χ0) is 14.9. The third kappa shape index (κ3) is 3.43. The average molecular weight is 280 g/mol. The van der Waals surface area contributed by atoms with Crippen molar-refractivity contribution in [2.45, 2.75) is 58.2 Å². The molecular formula is C14H24N4O2. The van der Waals surface area contributed by atoms with E-state index in [9.17, 15) is 4.79 Å². The summed E-state index contributed by atoms with van der Waals surface area (Å²) in [6.45, 7) is 8.38. The molecule has 0 spiro atoms. The third-order valence-corrected chi connectivity index (χ3v) is 3.47. The van der Waals surface area contributed by atoms with Crippen LogP contribution in [0.2, 0.25) is 0 Å². The Kier molecular flexibility index (Phi) is 3.92. The fourth-order valence-corrected chi connectivity index (χ4v) is 2.53. The largest absolute Gasteiger partial charge is 0.444 e. The summed E-state index contributed by atoms with van der Waals surface area (Å²) in [6, 6.07) is 0.426. The van der Waals surface area contributed by atoms with Crippen molar-refractivity contribution < 1.29 is 9.53 Å². The molecule has 0 aliphatic carbocycles. The molecule has 6 nitrogen and oxygen atoms in total. The lowest BCUT2D eigenvalue weighted by Crippen LogP contribution is -2.47. The van der Waals surface area contributed by atoms with E-state index in [2.05, 4.69) is 5.10 Å². The lowest BCUT2D eigenvalue weighted by Gasteiger charge is -2.38. The van der Waals surface area contributed by atoms with E-state index in [-0.39, 0.29) is 12.1 Å². The van der Waals surface area contributed by atoms with Gasteiger partial charge in [-0.15, -0.1) is 0 Å². The van der Waals surface area contributed by atoms with E-state index in [0.717, 1.165) is 12.8 Å². The predicted molar refractivity (Wildman–Crippen MR) is 77.3 cm³/mol. The molecule has 20 heavy (non-hydrogen) atoms. The molecule has 1 saturated heterocycles. The first-order valence-corrected chi connectivity index (χ1v) is 7.05. The van der Waals surface area contributed by atoms with Crippen molar-refractivity contribution in [2.75, 3.05) is 12.3 Å². The van der Waals surface area contributed by atoms with Gasteiger partial charge in [-0.1, -0.05) is 0 Å². The Morgan fingerprint density at radius 1 is 1.50 bits per heavy atom. The fourth-order valence-electron chi connectivity index (χ4n) is 2.53. The zero-order valence-corrected chi connectivity index (χ0v) is 12.7. The van der Waals surface area contributed by atoms with Crippen LogP contribution < -0.4 is 5.73 Å². The maximum atomic E-state index is 12.1. The van der Waals surface area contributed by atoms with Crippen molar-refractivity contribution >= 4 is 11.8 Å². The second-order valence-corrected chi connectivity index (χ2v) is 6.45. The van der Waals surface area contributed by atoms with E-state index in [0.29, 0.717) is 18.3 Å². The molecule has 1 aromatic rings. The molecule has 0 saturated carbocycles. The lowest BCUT2D eigenvalue weighted by atomic mass is 9.99.